The minimum Gasteiger partial charge on any atom is -0.656 e. The van der Waals surface area contributed by atoms with Gasteiger partial charge in [-0.1, -0.05) is 13.8 Å². The number of hydrogen-bond acceptors (Lipinski definition) is 4. The average molecular weight is 731 g/mol. The Bertz CT molecular complexity index is 321. The molecule has 0 fully saturated rings. The molecule has 0 unspecified atom stereocenters. The van der Waals surface area contributed by atoms with E-state index < -0.39 is 0 Å². The van der Waals surface area contributed by atoms with Gasteiger partial charge < -0.3 is 59.2 Å². The third-order valence-corrected chi connectivity index (χ3v) is 1.59. The van der Waals surface area contributed by atoms with E-state index >= 15 is 0 Å². The van der Waals surface area contributed by atoms with Gasteiger partial charge in [0.1, 0.15) is 0 Å². The summed E-state index contributed by atoms with van der Waals surface area (Å²) in [6.45, 7) is 8.74. The van der Waals surface area contributed by atoms with Crippen molar-refractivity contribution in [3.63, 3.8) is 0 Å². The zero-order valence-corrected chi connectivity index (χ0v) is 32.2. The maximum absolute atomic E-state index is 10.0. The minimum absolute atomic E-state index is 0. The summed E-state index contributed by atoms with van der Waals surface area (Å²) in [5.74, 6) is -0.264. The Hall–Kier alpha value is 2.17. The van der Waals surface area contributed by atoms with Crippen molar-refractivity contribution in [3.05, 3.63) is 35.0 Å². The van der Waals surface area contributed by atoms with Crippen molar-refractivity contribution in [2.45, 2.75) is 27.2 Å². The largest absolute Gasteiger partial charge is 0.656 e. The summed E-state index contributed by atoms with van der Waals surface area (Å²) in [6, 6.07) is 0. The number of hydrogen-bond donors (Lipinski definition) is 0. The normalized spacial score (nSPS) is 5.30. The van der Waals surface area contributed by atoms with Crippen molar-refractivity contribution in [1.29, 1.82) is 0 Å². The molecule has 0 aliphatic rings. The molecule has 4 radical (unpaired) electrons. The summed E-state index contributed by atoms with van der Waals surface area (Å²) < 4.78 is 0. The van der Waals surface area contributed by atoms with Crippen LogP contribution in [0.4, 0.5) is 0 Å². The van der Waals surface area contributed by atoms with Crippen LogP contribution in [-0.4, -0.2) is 75.9 Å². The summed E-state index contributed by atoms with van der Waals surface area (Å²) in [5, 5.41) is 3.37. The average Bonchev–Trinajstić information content (AvgIpc) is 2.54. The van der Waals surface area contributed by atoms with Crippen LogP contribution in [0.3, 0.4) is 0 Å². The van der Waals surface area contributed by atoms with Gasteiger partial charge in [0.05, 0.1) is 5.91 Å². The molecule has 0 heterocycles. The van der Waals surface area contributed by atoms with Crippen LogP contribution in [-0.2, 0) is 150 Å². The predicted molar refractivity (Wildman–Crippen MR) is 114 cm³/mol. The van der Waals surface area contributed by atoms with Crippen molar-refractivity contribution in [2.75, 3.05) is 34.7 Å². The molecule has 0 aliphatic carbocycles. The van der Waals surface area contributed by atoms with Gasteiger partial charge in [-0.3, -0.25) is 4.79 Å². The van der Waals surface area contributed by atoms with E-state index in [2.05, 4.69) is 17.0 Å². The fraction of sp³-hybridized carbons (Fsp3) is 0.500. The van der Waals surface area contributed by atoms with E-state index in [-0.39, 0.29) is 172 Å². The zero-order chi connectivity index (χ0) is 18.6. The predicted octanol–water partition coefficient (Wildman–Crippen LogP) is 2.57. The quantitative estimate of drug-likeness (QED) is 0.252. The number of carbonyl (C=O) groups excluding carboxylic acids is 4. The van der Waals surface area contributed by atoms with E-state index in [0.717, 1.165) is 6.54 Å². The van der Waals surface area contributed by atoms with Gasteiger partial charge in [-0.15, -0.1) is 7.05 Å². The van der Waals surface area contributed by atoms with Crippen LogP contribution in [0.5, 0.6) is 0 Å². The van der Waals surface area contributed by atoms with Crippen molar-refractivity contribution in [1.82, 2.24) is 9.80 Å². The maximum Gasteiger partial charge on any atom is 0.241 e. The fourth-order valence-electron chi connectivity index (χ4n) is 0.223. The Morgan fingerprint density at radius 2 is 1.17 bits per heavy atom. The second-order valence-electron chi connectivity index (χ2n) is 3.74. The zero-order valence-electron chi connectivity index (χ0n) is 20.9. The van der Waals surface area contributed by atoms with Gasteiger partial charge in [-0.2, -0.15) is 12.8 Å². The number of amides is 4. The van der Waals surface area contributed by atoms with Gasteiger partial charge in [0.15, 0.2) is 0 Å². The molecule has 0 atom stereocenters. The molecule has 0 aromatic rings. The summed E-state index contributed by atoms with van der Waals surface area (Å²) in [7, 11) is 6.46. The van der Waals surface area contributed by atoms with E-state index in [9.17, 15) is 19.2 Å². The molecule has 0 rings (SSSR count). The van der Waals surface area contributed by atoms with Crippen LogP contribution < -0.4 is 0 Å². The van der Waals surface area contributed by atoms with Crippen LogP contribution in [0.1, 0.15) is 27.2 Å². The van der Waals surface area contributed by atoms with E-state index in [1.807, 2.05) is 6.92 Å². The molecule has 0 saturated heterocycles. The Morgan fingerprint density at radius 3 is 1.17 bits per heavy atom. The summed E-state index contributed by atoms with van der Waals surface area (Å²) in [6.07, 6.45) is 3.83. The molecule has 0 aromatic carbocycles. The molecule has 174 valence electrons. The molecule has 0 bridgehead atoms. The van der Waals surface area contributed by atoms with Crippen molar-refractivity contribution >= 4 is 31.4 Å². The smallest absolute Gasteiger partial charge is 0.241 e. The van der Waals surface area contributed by atoms with Crippen molar-refractivity contribution < 1.29 is 150 Å². The van der Waals surface area contributed by atoms with Gasteiger partial charge in [0.25, 0.3) is 0 Å². The first-order valence-electron chi connectivity index (χ1n) is 6.40. The van der Waals surface area contributed by atoms with Gasteiger partial charge in [-0.25, -0.2) is 4.99 Å². The van der Waals surface area contributed by atoms with Crippen LogP contribution in [0.15, 0.2) is 4.99 Å². The Labute approximate surface area is 288 Å². The fourth-order valence-corrected chi connectivity index (χ4v) is 0.223. The Kier molecular flexibility index (Phi) is 179. The monoisotopic (exact) mass is 731 g/mol. The molecule has 30 heavy (non-hydrogen) atoms. The SMILES string of the molecule is C=NC(C)=O.CCC(=O)[N-]C.CCN(C)[C-]=O.CN(C)[C-]=O.[CH3-].[CH3-].[CH3-].[CH3-].[Y].[Y].[Y].[Y]. The molecule has 8 nitrogen and oxygen atoms in total. The topological polar surface area (TPSA) is 101 Å². The first kappa shape index (κ1) is 76.8. The summed E-state index contributed by atoms with van der Waals surface area (Å²) in [5.41, 5.74) is 0. The number of nitrogens with zero attached hydrogens (tertiary/aromatic N) is 4. The van der Waals surface area contributed by atoms with Gasteiger partial charge in [0, 0.05) is 138 Å². The van der Waals surface area contributed by atoms with E-state index in [1.165, 1.54) is 23.8 Å². The van der Waals surface area contributed by atoms with Crippen LogP contribution >= 0.6 is 0 Å². The summed E-state index contributed by atoms with van der Waals surface area (Å²) in [4.78, 5) is 44.2. The van der Waals surface area contributed by atoms with E-state index in [1.54, 1.807) is 40.9 Å². The van der Waals surface area contributed by atoms with Gasteiger partial charge in [0.2, 0.25) is 5.91 Å². The summed E-state index contributed by atoms with van der Waals surface area (Å²) >= 11 is 0. The van der Waals surface area contributed by atoms with Gasteiger partial charge in [-0.05, 0) is 40.8 Å². The van der Waals surface area contributed by atoms with Gasteiger partial charge >= 0.3 is 0 Å². The molecule has 12 heteroatoms. The molecule has 0 N–H and O–H groups in total. The van der Waals surface area contributed by atoms with E-state index in [4.69, 9.17) is 0 Å². The molecular weight excluding hydrogens is 692 g/mol. The minimum atomic E-state index is -0.231. The van der Waals surface area contributed by atoms with Crippen LogP contribution in [0, 0.1) is 29.7 Å². The molecule has 0 aromatic heterocycles. The van der Waals surface area contributed by atoms with Crippen molar-refractivity contribution in [3.8, 4) is 0 Å². The number of rotatable bonds is 4. The first-order chi connectivity index (χ1) is 10.2. The Balaban J connectivity index is -0.0000000133. The molecule has 0 saturated carbocycles. The molecule has 0 aliphatic heterocycles. The second-order valence-corrected chi connectivity index (χ2v) is 3.74. The Morgan fingerprint density at radius 1 is 0.900 bits per heavy atom. The number of carbonyl (C=O) groups is 2. The van der Waals surface area contributed by atoms with E-state index in [0.29, 0.717) is 6.42 Å². The first-order valence-corrected chi connectivity index (χ1v) is 6.40. The third-order valence-electron chi connectivity index (χ3n) is 1.59. The second kappa shape index (κ2) is 69.7. The molecular formula is C18H39N4O4Y4-7. The molecule has 0 spiro atoms. The van der Waals surface area contributed by atoms with Crippen molar-refractivity contribution in [2.24, 2.45) is 4.99 Å². The number of aliphatic imine (C=N–C) groups is 1. The third kappa shape index (κ3) is 128. The molecule has 4 amide bonds. The van der Waals surface area contributed by atoms with Crippen LogP contribution in [0.2, 0.25) is 0 Å². The standard InChI is InChI=1S/C4H8NO.C4H9NO.C3H6NO.C3H5NO.4CH3.4Y/c1-3-5(2)4-6;1-3-4(6)5-2;1-4(2)3-5;1-3(5)4-2;;;;;;;;/h3H2,1-2H3;3H2,1-2H3,(H,5,6);1-2H3;2H2,1H3;4*1H3;;;;/q-1;;-1;;4*-1;;;;/p-1. The van der Waals surface area contributed by atoms with Crippen LogP contribution in [0.25, 0.3) is 5.32 Å². The maximum atomic E-state index is 10.0.